The highest BCUT2D eigenvalue weighted by atomic mass is 16.5. The fourth-order valence-corrected chi connectivity index (χ4v) is 2.26. The molecule has 7 nitrogen and oxygen atoms in total. The third kappa shape index (κ3) is 3.52. The summed E-state index contributed by atoms with van der Waals surface area (Å²) >= 11 is 0. The molecular weight excluding hydrogens is 310 g/mol. The van der Waals surface area contributed by atoms with Crippen LogP contribution in [0.4, 0.5) is 4.79 Å². The summed E-state index contributed by atoms with van der Waals surface area (Å²) in [7, 11) is 0. The number of carbonyl (C=O) groups is 2. The zero-order chi connectivity index (χ0) is 16.9. The quantitative estimate of drug-likeness (QED) is 0.751. The van der Waals surface area contributed by atoms with Crippen molar-refractivity contribution in [1.82, 2.24) is 14.7 Å². The van der Waals surface area contributed by atoms with E-state index >= 15 is 0 Å². The molecule has 2 N–H and O–H groups in total. The first-order valence-electron chi connectivity index (χ1n) is 7.28. The highest BCUT2D eigenvalue weighted by Gasteiger charge is 2.11. The third-order valence-electron chi connectivity index (χ3n) is 3.39. The van der Waals surface area contributed by atoms with Crippen LogP contribution in [0.3, 0.4) is 0 Å². The van der Waals surface area contributed by atoms with Crippen molar-refractivity contribution >= 4 is 17.7 Å². The van der Waals surface area contributed by atoms with Gasteiger partial charge in [0, 0.05) is 6.20 Å². The van der Waals surface area contributed by atoms with Gasteiger partial charge in [-0.25, -0.2) is 14.6 Å². The number of carboxylic acid groups (broad SMARTS) is 1. The van der Waals surface area contributed by atoms with Crippen LogP contribution >= 0.6 is 0 Å². The smallest absolute Gasteiger partial charge is 0.407 e. The predicted molar refractivity (Wildman–Crippen MR) is 85.6 cm³/mol. The lowest BCUT2D eigenvalue weighted by molar-refractivity contribution is 0.0688. The predicted octanol–water partition coefficient (Wildman–Crippen LogP) is 2.46. The van der Waals surface area contributed by atoms with Gasteiger partial charge >= 0.3 is 12.1 Å². The first-order chi connectivity index (χ1) is 11.6. The van der Waals surface area contributed by atoms with E-state index in [1.54, 1.807) is 18.3 Å². The SMILES string of the molecule is O=C(NCc1cn2c(C(=O)O)cccc2n1)OCc1ccccc1. The number of hydrogen-bond donors (Lipinski definition) is 2. The van der Waals surface area contributed by atoms with Crippen LogP contribution in [0.15, 0.2) is 54.7 Å². The van der Waals surface area contributed by atoms with Crippen molar-refractivity contribution in [3.8, 4) is 0 Å². The average molecular weight is 325 g/mol. The number of aromatic nitrogens is 2. The molecule has 0 saturated carbocycles. The second-order valence-electron chi connectivity index (χ2n) is 5.09. The summed E-state index contributed by atoms with van der Waals surface area (Å²) in [5.41, 5.74) is 2.05. The first-order valence-corrected chi connectivity index (χ1v) is 7.28. The van der Waals surface area contributed by atoms with Gasteiger partial charge in [0.15, 0.2) is 0 Å². The number of rotatable bonds is 5. The minimum atomic E-state index is -1.04. The summed E-state index contributed by atoms with van der Waals surface area (Å²) in [5.74, 6) is -1.04. The lowest BCUT2D eigenvalue weighted by Crippen LogP contribution is -2.23. The van der Waals surface area contributed by atoms with Crippen LogP contribution in [-0.2, 0) is 17.9 Å². The van der Waals surface area contributed by atoms with Gasteiger partial charge in [-0.2, -0.15) is 0 Å². The number of alkyl carbamates (subject to hydrolysis) is 1. The van der Waals surface area contributed by atoms with E-state index in [9.17, 15) is 9.59 Å². The molecule has 0 spiro atoms. The summed E-state index contributed by atoms with van der Waals surface area (Å²) in [6, 6.07) is 14.2. The molecule has 2 aromatic heterocycles. The summed E-state index contributed by atoms with van der Waals surface area (Å²) in [6.07, 6.45) is 1.02. The zero-order valence-electron chi connectivity index (χ0n) is 12.7. The van der Waals surface area contributed by atoms with Gasteiger partial charge in [-0.1, -0.05) is 36.4 Å². The largest absolute Gasteiger partial charge is 0.477 e. The number of imidazole rings is 1. The molecule has 0 aliphatic rings. The number of carboxylic acids is 1. The van der Waals surface area contributed by atoms with Crippen LogP contribution in [-0.4, -0.2) is 26.6 Å². The van der Waals surface area contributed by atoms with Crippen LogP contribution in [0, 0.1) is 0 Å². The maximum Gasteiger partial charge on any atom is 0.407 e. The van der Waals surface area contributed by atoms with Gasteiger partial charge in [0.2, 0.25) is 0 Å². The average Bonchev–Trinajstić information content (AvgIpc) is 3.01. The molecule has 0 aliphatic carbocycles. The molecule has 0 atom stereocenters. The Balaban J connectivity index is 1.60. The fraction of sp³-hybridized carbons (Fsp3) is 0.118. The van der Waals surface area contributed by atoms with Gasteiger partial charge in [0.05, 0.1) is 12.2 Å². The van der Waals surface area contributed by atoms with Gasteiger partial charge in [-0.05, 0) is 17.7 Å². The molecule has 24 heavy (non-hydrogen) atoms. The maximum atomic E-state index is 11.7. The van der Waals surface area contributed by atoms with Gasteiger partial charge < -0.3 is 15.2 Å². The zero-order valence-corrected chi connectivity index (χ0v) is 12.7. The Morgan fingerprint density at radius 3 is 2.67 bits per heavy atom. The van der Waals surface area contributed by atoms with E-state index in [1.165, 1.54) is 10.5 Å². The molecule has 2 heterocycles. The molecule has 3 aromatic rings. The van der Waals surface area contributed by atoms with E-state index in [2.05, 4.69) is 10.3 Å². The Kier molecular flexibility index (Phi) is 4.42. The topological polar surface area (TPSA) is 92.9 Å². The Morgan fingerprint density at radius 2 is 1.92 bits per heavy atom. The minimum absolute atomic E-state index is 0.109. The van der Waals surface area contributed by atoms with E-state index in [-0.39, 0.29) is 18.8 Å². The van der Waals surface area contributed by atoms with Gasteiger partial charge in [0.1, 0.15) is 17.9 Å². The Hall–Kier alpha value is -3.35. The van der Waals surface area contributed by atoms with E-state index in [0.717, 1.165) is 5.56 Å². The van der Waals surface area contributed by atoms with E-state index < -0.39 is 12.1 Å². The van der Waals surface area contributed by atoms with Crippen molar-refractivity contribution < 1.29 is 19.4 Å². The number of aromatic carboxylic acids is 1. The molecule has 0 aliphatic heterocycles. The maximum absolute atomic E-state index is 11.7. The van der Waals surface area contributed by atoms with Crippen LogP contribution in [0.1, 0.15) is 21.7 Å². The second-order valence-corrected chi connectivity index (χ2v) is 5.09. The molecule has 0 bridgehead atoms. The minimum Gasteiger partial charge on any atom is -0.477 e. The number of ether oxygens (including phenoxy) is 1. The Labute approximate surface area is 137 Å². The molecule has 3 rings (SSSR count). The molecule has 0 radical (unpaired) electrons. The first kappa shape index (κ1) is 15.5. The molecule has 122 valence electrons. The molecule has 0 fully saturated rings. The fourth-order valence-electron chi connectivity index (χ4n) is 2.26. The molecule has 1 amide bonds. The summed E-state index contributed by atoms with van der Waals surface area (Å²) in [5, 5.41) is 11.7. The third-order valence-corrected chi connectivity index (χ3v) is 3.39. The lowest BCUT2D eigenvalue weighted by atomic mass is 10.2. The van der Waals surface area contributed by atoms with Crippen LogP contribution in [0.5, 0.6) is 0 Å². The van der Waals surface area contributed by atoms with E-state index in [4.69, 9.17) is 9.84 Å². The number of benzene rings is 1. The number of hydrogen-bond acceptors (Lipinski definition) is 4. The number of fused-ring (bicyclic) bond motifs is 1. The van der Waals surface area contributed by atoms with E-state index in [0.29, 0.717) is 11.3 Å². The summed E-state index contributed by atoms with van der Waals surface area (Å²) in [4.78, 5) is 27.2. The monoisotopic (exact) mass is 325 g/mol. The Bertz CT molecular complexity index is 874. The highest BCUT2D eigenvalue weighted by molar-refractivity contribution is 5.86. The van der Waals surface area contributed by atoms with Gasteiger partial charge in [-0.15, -0.1) is 0 Å². The van der Waals surface area contributed by atoms with Crippen molar-refractivity contribution in [1.29, 1.82) is 0 Å². The number of nitrogens with zero attached hydrogens (tertiary/aromatic N) is 2. The lowest BCUT2D eigenvalue weighted by Gasteiger charge is -2.05. The number of pyridine rings is 1. The van der Waals surface area contributed by atoms with Crippen molar-refractivity contribution in [2.45, 2.75) is 13.2 Å². The van der Waals surface area contributed by atoms with Gasteiger partial charge in [-0.3, -0.25) is 4.40 Å². The molecule has 0 saturated heterocycles. The molecule has 0 unspecified atom stereocenters. The number of carbonyl (C=O) groups excluding carboxylic acids is 1. The summed E-state index contributed by atoms with van der Waals surface area (Å²) < 4.78 is 6.57. The molecule has 1 aromatic carbocycles. The standard InChI is InChI=1S/C17H15N3O4/c21-16(22)14-7-4-8-15-19-13(10-20(14)15)9-18-17(23)24-11-12-5-2-1-3-6-12/h1-8,10H,9,11H2,(H,18,23)(H,21,22). The molecular formula is C17H15N3O4. The molecule has 7 heteroatoms. The second kappa shape index (κ2) is 6.82. The van der Waals surface area contributed by atoms with Crippen molar-refractivity contribution in [2.24, 2.45) is 0 Å². The normalized spacial score (nSPS) is 10.5. The van der Waals surface area contributed by atoms with Crippen molar-refractivity contribution in [3.63, 3.8) is 0 Å². The highest BCUT2D eigenvalue weighted by Crippen LogP contribution is 2.09. The van der Waals surface area contributed by atoms with Crippen LogP contribution < -0.4 is 5.32 Å². The number of nitrogens with one attached hydrogen (secondary N) is 1. The van der Waals surface area contributed by atoms with Crippen molar-refractivity contribution in [3.05, 3.63) is 71.7 Å². The summed E-state index contributed by atoms with van der Waals surface area (Å²) in [6.45, 7) is 0.329. The van der Waals surface area contributed by atoms with Crippen molar-refractivity contribution in [2.75, 3.05) is 0 Å². The van der Waals surface area contributed by atoms with Crippen LogP contribution in [0.2, 0.25) is 0 Å². The Morgan fingerprint density at radius 1 is 1.12 bits per heavy atom. The van der Waals surface area contributed by atoms with E-state index in [1.807, 2.05) is 30.3 Å². The number of amides is 1. The van der Waals surface area contributed by atoms with Crippen LogP contribution in [0.25, 0.3) is 5.65 Å². The van der Waals surface area contributed by atoms with Gasteiger partial charge in [0.25, 0.3) is 0 Å².